The van der Waals surface area contributed by atoms with Crippen LogP contribution in [0.4, 0.5) is 4.79 Å². The molecule has 190 valence electrons. The molecule has 3 aromatic rings. The maximum absolute atomic E-state index is 13.5. The third-order valence-corrected chi connectivity index (χ3v) is 8.60. The van der Waals surface area contributed by atoms with Gasteiger partial charge in [0.15, 0.2) is 5.78 Å². The molecular weight excluding hydrogens is 462 g/mol. The zero-order valence-electron chi connectivity index (χ0n) is 21.5. The van der Waals surface area contributed by atoms with Crippen LogP contribution in [0.1, 0.15) is 65.1 Å². The zero-order valence-corrected chi connectivity index (χ0v) is 21.5. The van der Waals surface area contributed by atoms with Crippen molar-refractivity contribution >= 4 is 11.9 Å². The van der Waals surface area contributed by atoms with Crippen LogP contribution in [0, 0.1) is 12.8 Å². The lowest BCUT2D eigenvalue weighted by Crippen LogP contribution is -2.56. The van der Waals surface area contributed by atoms with Crippen molar-refractivity contribution in [3.05, 3.63) is 89.0 Å². The number of methoxy groups -OCH3 is 1. The number of hydrogen-bond acceptors (Lipinski definition) is 4. The van der Waals surface area contributed by atoms with E-state index in [0.717, 1.165) is 30.4 Å². The molecule has 6 rings (SSSR count). The number of hydrogen-bond donors (Lipinski definition) is 0. The van der Waals surface area contributed by atoms with Crippen LogP contribution in [-0.4, -0.2) is 42.6 Å². The first-order valence-corrected chi connectivity index (χ1v) is 13.4. The van der Waals surface area contributed by atoms with Crippen molar-refractivity contribution in [3.8, 4) is 16.9 Å². The Bertz CT molecular complexity index is 1290. The maximum Gasteiger partial charge on any atom is 0.410 e. The number of benzene rings is 3. The maximum atomic E-state index is 13.5. The summed E-state index contributed by atoms with van der Waals surface area (Å²) in [6.45, 7) is 2.30. The lowest BCUT2D eigenvalue weighted by Gasteiger charge is -2.47. The molecule has 3 aromatic carbocycles. The van der Waals surface area contributed by atoms with Gasteiger partial charge in [0, 0.05) is 29.5 Å². The van der Waals surface area contributed by atoms with Crippen LogP contribution in [0.5, 0.6) is 5.75 Å². The molecule has 0 spiro atoms. The summed E-state index contributed by atoms with van der Waals surface area (Å²) in [7, 11) is 1.62. The predicted octanol–water partition coefficient (Wildman–Crippen LogP) is 6.77. The third kappa shape index (κ3) is 4.20. The van der Waals surface area contributed by atoms with Crippen molar-refractivity contribution in [3.63, 3.8) is 0 Å². The Morgan fingerprint density at radius 1 is 0.892 bits per heavy atom. The highest BCUT2D eigenvalue weighted by atomic mass is 16.6. The van der Waals surface area contributed by atoms with E-state index in [1.807, 2.05) is 30.0 Å². The van der Waals surface area contributed by atoms with E-state index in [0.29, 0.717) is 25.2 Å². The van der Waals surface area contributed by atoms with Gasteiger partial charge in [0.25, 0.3) is 0 Å². The Balaban J connectivity index is 1.17. The molecule has 2 fully saturated rings. The summed E-state index contributed by atoms with van der Waals surface area (Å²) in [5, 5.41) is 0. The molecule has 0 radical (unpaired) electrons. The van der Waals surface area contributed by atoms with Crippen molar-refractivity contribution in [2.75, 3.05) is 13.7 Å². The minimum Gasteiger partial charge on any atom is -0.497 e. The largest absolute Gasteiger partial charge is 0.497 e. The van der Waals surface area contributed by atoms with Gasteiger partial charge in [-0.1, -0.05) is 54.6 Å². The number of amides is 1. The summed E-state index contributed by atoms with van der Waals surface area (Å²) >= 11 is 0. The lowest BCUT2D eigenvalue weighted by molar-refractivity contribution is 0.00649. The first-order chi connectivity index (χ1) is 18.0. The minimum absolute atomic E-state index is 0.0445. The van der Waals surface area contributed by atoms with Gasteiger partial charge in [0.2, 0.25) is 0 Å². The molecule has 5 nitrogen and oxygen atoms in total. The normalized spacial score (nSPS) is 22.2. The fraction of sp³-hybridized carbons (Fsp3) is 0.375. The number of ether oxygens (including phenoxy) is 2. The number of carbonyl (C=O) groups excluding carboxylic acids is 2. The van der Waals surface area contributed by atoms with E-state index in [4.69, 9.17) is 9.47 Å². The Labute approximate surface area is 218 Å². The van der Waals surface area contributed by atoms with E-state index in [9.17, 15) is 9.59 Å². The standard InChI is InChI=1S/C32H33NO4/c1-20-14-15-24(36-2)18-29(20)31(34)21-16-22-8-7-9-23(17-21)33(22)32(35)37-19-30-27-12-5-3-10-25(27)26-11-4-6-13-28(26)30/h3-6,10-15,18,21-23,30H,7-9,16-17,19H2,1-2H3. The highest BCUT2D eigenvalue weighted by Crippen LogP contribution is 2.45. The van der Waals surface area contributed by atoms with Crippen LogP contribution in [0.25, 0.3) is 11.1 Å². The van der Waals surface area contributed by atoms with Crippen molar-refractivity contribution in [2.45, 2.75) is 57.0 Å². The lowest BCUT2D eigenvalue weighted by atomic mass is 9.75. The van der Waals surface area contributed by atoms with E-state index in [1.54, 1.807) is 7.11 Å². The molecule has 37 heavy (non-hydrogen) atoms. The third-order valence-electron chi connectivity index (χ3n) is 8.60. The van der Waals surface area contributed by atoms with Gasteiger partial charge >= 0.3 is 6.09 Å². The SMILES string of the molecule is COc1ccc(C)c(C(=O)C2CC3CCCC(C2)N3C(=O)OCC2c3ccccc3-c3ccccc32)c1. The van der Waals surface area contributed by atoms with E-state index >= 15 is 0 Å². The highest BCUT2D eigenvalue weighted by Gasteiger charge is 2.44. The minimum atomic E-state index is -0.236. The fourth-order valence-corrected chi connectivity index (χ4v) is 6.78. The van der Waals surface area contributed by atoms with Crippen molar-refractivity contribution in [1.82, 2.24) is 4.90 Å². The Kier molecular flexibility index (Phi) is 6.23. The van der Waals surface area contributed by atoms with Crippen molar-refractivity contribution in [1.29, 1.82) is 0 Å². The van der Waals surface area contributed by atoms with Crippen LogP contribution >= 0.6 is 0 Å². The average Bonchev–Trinajstić information content (AvgIpc) is 3.24. The number of carbonyl (C=O) groups is 2. The number of piperidine rings is 2. The van der Waals surface area contributed by atoms with Gasteiger partial charge in [-0.15, -0.1) is 0 Å². The topological polar surface area (TPSA) is 55.8 Å². The monoisotopic (exact) mass is 495 g/mol. The summed E-state index contributed by atoms with van der Waals surface area (Å²) in [6, 6.07) is 22.6. The second kappa shape index (κ2) is 9.70. The number of fused-ring (bicyclic) bond motifs is 5. The first-order valence-electron chi connectivity index (χ1n) is 13.4. The van der Waals surface area contributed by atoms with Gasteiger partial charge in [-0.05, 0) is 79.0 Å². The van der Waals surface area contributed by atoms with E-state index in [2.05, 4.69) is 48.5 Å². The molecule has 2 bridgehead atoms. The smallest absolute Gasteiger partial charge is 0.410 e. The number of rotatable bonds is 5. The summed E-state index contributed by atoms with van der Waals surface area (Å²) in [6.07, 6.45) is 4.07. The fourth-order valence-electron chi connectivity index (χ4n) is 6.78. The average molecular weight is 496 g/mol. The van der Waals surface area contributed by atoms with Crippen LogP contribution in [0.2, 0.25) is 0 Å². The van der Waals surface area contributed by atoms with Gasteiger partial charge in [-0.3, -0.25) is 4.79 Å². The second-order valence-corrected chi connectivity index (χ2v) is 10.7. The summed E-state index contributed by atoms with van der Waals surface area (Å²) in [5.74, 6) is 0.829. The molecule has 1 aliphatic carbocycles. The number of Topliss-reactive ketones (excluding diaryl/α,β-unsaturated/α-hetero) is 1. The molecule has 2 saturated heterocycles. The molecule has 2 heterocycles. The number of aryl methyl sites for hydroxylation is 1. The molecule has 2 aliphatic heterocycles. The van der Waals surface area contributed by atoms with Crippen LogP contribution < -0.4 is 4.74 Å². The molecule has 2 atom stereocenters. The summed E-state index contributed by atoms with van der Waals surface area (Å²) in [5.41, 5.74) is 6.59. The van der Waals surface area contributed by atoms with Gasteiger partial charge in [-0.2, -0.15) is 0 Å². The number of ketones is 1. The molecule has 5 heteroatoms. The molecule has 0 saturated carbocycles. The van der Waals surface area contributed by atoms with Gasteiger partial charge < -0.3 is 14.4 Å². The molecule has 1 amide bonds. The van der Waals surface area contributed by atoms with Crippen LogP contribution in [-0.2, 0) is 4.74 Å². The summed E-state index contributed by atoms with van der Waals surface area (Å²) < 4.78 is 11.4. The molecule has 2 unspecified atom stereocenters. The number of nitrogens with zero attached hydrogens (tertiary/aromatic N) is 1. The van der Waals surface area contributed by atoms with Crippen LogP contribution in [0.15, 0.2) is 66.7 Å². The highest BCUT2D eigenvalue weighted by molar-refractivity contribution is 5.99. The van der Waals surface area contributed by atoms with Gasteiger partial charge in [0.05, 0.1) is 7.11 Å². The molecule has 0 aromatic heterocycles. The van der Waals surface area contributed by atoms with Crippen molar-refractivity contribution in [2.24, 2.45) is 5.92 Å². The van der Waals surface area contributed by atoms with E-state index in [1.165, 1.54) is 22.3 Å². The molecule has 3 aliphatic rings. The summed E-state index contributed by atoms with van der Waals surface area (Å²) in [4.78, 5) is 29.0. The Morgan fingerprint density at radius 2 is 1.51 bits per heavy atom. The Morgan fingerprint density at radius 3 is 2.14 bits per heavy atom. The second-order valence-electron chi connectivity index (χ2n) is 10.7. The zero-order chi connectivity index (χ0) is 25.5. The Hall–Kier alpha value is -3.60. The van der Waals surface area contributed by atoms with E-state index in [-0.39, 0.29) is 35.8 Å². The van der Waals surface area contributed by atoms with Gasteiger partial charge in [0.1, 0.15) is 12.4 Å². The molecular formula is C32H33NO4. The van der Waals surface area contributed by atoms with E-state index < -0.39 is 0 Å². The quantitative estimate of drug-likeness (QED) is 0.367. The predicted molar refractivity (Wildman–Crippen MR) is 143 cm³/mol. The van der Waals surface area contributed by atoms with Crippen molar-refractivity contribution < 1.29 is 19.1 Å². The van der Waals surface area contributed by atoms with Crippen LogP contribution in [0.3, 0.4) is 0 Å². The first kappa shape index (κ1) is 23.8. The molecule has 0 N–H and O–H groups in total. The van der Waals surface area contributed by atoms with Gasteiger partial charge in [-0.25, -0.2) is 4.79 Å².